The third-order valence-corrected chi connectivity index (χ3v) is 3.45. The van der Waals surface area contributed by atoms with Crippen molar-refractivity contribution in [3.63, 3.8) is 0 Å². The van der Waals surface area contributed by atoms with E-state index in [1.54, 1.807) is 12.3 Å². The molecule has 0 bridgehead atoms. The average molecular weight is 269 g/mol. The Labute approximate surface area is 109 Å². The fourth-order valence-corrected chi connectivity index (χ4v) is 2.09. The van der Waals surface area contributed by atoms with Gasteiger partial charge in [0.1, 0.15) is 0 Å². The molecule has 1 heterocycles. The summed E-state index contributed by atoms with van der Waals surface area (Å²) in [7, 11) is 0. The number of carbonyl (C=O) groups is 2. The van der Waals surface area contributed by atoms with Gasteiger partial charge in [0, 0.05) is 5.38 Å². The van der Waals surface area contributed by atoms with E-state index in [2.05, 4.69) is 10.3 Å². The van der Waals surface area contributed by atoms with Gasteiger partial charge in [-0.3, -0.25) is 9.59 Å². The number of rotatable bonds is 5. The number of carbonyl (C=O) groups excluding carboxylic acids is 2. The van der Waals surface area contributed by atoms with Crippen LogP contribution in [-0.4, -0.2) is 29.0 Å². The summed E-state index contributed by atoms with van der Waals surface area (Å²) in [5.74, 6) is -0.530. The van der Waals surface area contributed by atoms with Crippen LogP contribution >= 0.6 is 11.3 Å². The van der Waals surface area contributed by atoms with Crippen LogP contribution in [0.4, 0.5) is 5.13 Å². The summed E-state index contributed by atoms with van der Waals surface area (Å²) in [5.41, 5.74) is 5.63. The van der Waals surface area contributed by atoms with Crippen LogP contribution in [0, 0.1) is 0 Å². The van der Waals surface area contributed by atoms with Gasteiger partial charge in [0.2, 0.25) is 5.91 Å². The minimum atomic E-state index is -0.715. The van der Waals surface area contributed by atoms with E-state index in [1.807, 2.05) is 0 Å². The smallest absolute Gasteiger partial charge is 0.311 e. The van der Waals surface area contributed by atoms with Gasteiger partial charge in [0.15, 0.2) is 5.13 Å². The van der Waals surface area contributed by atoms with E-state index < -0.39 is 5.54 Å². The van der Waals surface area contributed by atoms with Gasteiger partial charge in [0.25, 0.3) is 0 Å². The number of hydrogen-bond donors (Lipinski definition) is 2. The largest absolute Gasteiger partial charge is 0.466 e. The second-order valence-electron chi connectivity index (χ2n) is 4.24. The number of thiazole rings is 1. The van der Waals surface area contributed by atoms with E-state index in [4.69, 9.17) is 10.5 Å². The standard InChI is InChI=1S/C11H15N3O3S/c1-2-17-8(15)5-7-6-18-10(13-7)14-9(16)11(12)3-4-11/h6H,2-5,12H2,1H3,(H,13,14,16). The van der Waals surface area contributed by atoms with Crippen LogP contribution in [0.5, 0.6) is 0 Å². The maximum absolute atomic E-state index is 11.7. The quantitative estimate of drug-likeness (QED) is 0.766. The molecule has 1 aliphatic carbocycles. The predicted molar refractivity (Wildman–Crippen MR) is 67.2 cm³/mol. The Kier molecular flexibility index (Phi) is 3.63. The number of nitrogens with zero attached hydrogens (tertiary/aromatic N) is 1. The maximum Gasteiger partial charge on any atom is 0.311 e. The monoisotopic (exact) mass is 269 g/mol. The van der Waals surface area contributed by atoms with Crippen LogP contribution in [-0.2, 0) is 20.7 Å². The molecule has 18 heavy (non-hydrogen) atoms. The number of esters is 1. The van der Waals surface area contributed by atoms with Gasteiger partial charge in [0.05, 0.1) is 24.3 Å². The molecule has 0 aromatic carbocycles. The highest BCUT2D eigenvalue weighted by molar-refractivity contribution is 7.13. The van der Waals surface area contributed by atoms with Crippen LogP contribution in [0.1, 0.15) is 25.5 Å². The van der Waals surface area contributed by atoms with E-state index in [-0.39, 0.29) is 18.3 Å². The Balaban J connectivity index is 1.90. The van der Waals surface area contributed by atoms with Gasteiger partial charge in [-0.25, -0.2) is 4.98 Å². The van der Waals surface area contributed by atoms with Crippen molar-refractivity contribution in [1.29, 1.82) is 0 Å². The maximum atomic E-state index is 11.7. The lowest BCUT2D eigenvalue weighted by molar-refractivity contribution is -0.142. The Bertz CT molecular complexity index is 468. The predicted octanol–water partition coefficient (Wildman–Crippen LogP) is 0.678. The first kappa shape index (κ1) is 13.0. The number of nitrogens with two attached hydrogens (primary N) is 1. The summed E-state index contributed by atoms with van der Waals surface area (Å²) in [5, 5.41) is 4.85. The zero-order valence-corrected chi connectivity index (χ0v) is 10.9. The molecule has 0 unspecified atom stereocenters. The van der Waals surface area contributed by atoms with E-state index in [1.165, 1.54) is 11.3 Å². The van der Waals surface area contributed by atoms with Crippen LogP contribution in [0.15, 0.2) is 5.38 Å². The summed E-state index contributed by atoms with van der Waals surface area (Å²) >= 11 is 1.28. The molecule has 7 heteroatoms. The molecule has 0 radical (unpaired) electrons. The SMILES string of the molecule is CCOC(=O)Cc1csc(NC(=O)C2(N)CC2)n1. The number of aromatic nitrogens is 1. The molecule has 0 spiro atoms. The molecule has 2 rings (SSSR count). The van der Waals surface area contributed by atoms with Crippen molar-refractivity contribution in [2.45, 2.75) is 31.7 Å². The number of anilines is 1. The van der Waals surface area contributed by atoms with Crippen molar-refractivity contribution in [3.05, 3.63) is 11.1 Å². The Morgan fingerprint density at radius 1 is 1.61 bits per heavy atom. The highest BCUT2D eigenvalue weighted by Crippen LogP contribution is 2.33. The zero-order chi connectivity index (χ0) is 13.2. The molecule has 1 aromatic rings. The van der Waals surface area contributed by atoms with Gasteiger partial charge < -0.3 is 15.8 Å². The van der Waals surface area contributed by atoms with Crippen molar-refractivity contribution in [2.75, 3.05) is 11.9 Å². The molecule has 0 saturated heterocycles. The Hall–Kier alpha value is -1.47. The summed E-state index contributed by atoms with van der Waals surface area (Å²) in [6, 6.07) is 0. The first-order valence-corrected chi connectivity index (χ1v) is 6.62. The third-order valence-electron chi connectivity index (χ3n) is 2.64. The van der Waals surface area contributed by atoms with E-state index in [9.17, 15) is 9.59 Å². The number of nitrogens with one attached hydrogen (secondary N) is 1. The van der Waals surface area contributed by atoms with E-state index >= 15 is 0 Å². The highest BCUT2D eigenvalue weighted by Gasteiger charge is 2.46. The molecule has 0 atom stereocenters. The molecule has 3 N–H and O–H groups in total. The van der Waals surface area contributed by atoms with Crippen molar-refractivity contribution in [1.82, 2.24) is 4.98 Å². The molecule has 1 fully saturated rings. The minimum Gasteiger partial charge on any atom is -0.466 e. The lowest BCUT2D eigenvalue weighted by Crippen LogP contribution is -2.37. The topological polar surface area (TPSA) is 94.3 Å². The molecule has 6 nitrogen and oxygen atoms in total. The molecular formula is C11H15N3O3S. The molecule has 98 valence electrons. The molecule has 1 aromatic heterocycles. The summed E-state index contributed by atoms with van der Waals surface area (Å²) < 4.78 is 4.82. The average Bonchev–Trinajstić information content (AvgIpc) is 2.91. The second-order valence-corrected chi connectivity index (χ2v) is 5.09. The van der Waals surface area contributed by atoms with Crippen molar-refractivity contribution in [3.8, 4) is 0 Å². The molecule has 1 saturated carbocycles. The number of amides is 1. The van der Waals surface area contributed by atoms with Crippen molar-refractivity contribution < 1.29 is 14.3 Å². The Morgan fingerprint density at radius 2 is 2.33 bits per heavy atom. The lowest BCUT2D eigenvalue weighted by Gasteiger charge is -2.06. The molecule has 0 aliphatic heterocycles. The van der Waals surface area contributed by atoms with E-state index in [0.29, 0.717) is 30.3 Å². The van der Waals surface area contributed by atoms with Gasteiger partial charge in [-0.15, -0.1) is 11.3 Å². The summed E-state index contributed by atoms with van der Waals surface area (Å²) in [4.78, 5) is 27.1. The van der Waals surface area contributed by atoms with Crippen LogP contribution in [0.3, 0.4) is 0 Å². The van der Waals surface area contributed by atoms with Crippen LogP contribution in [0.25, 0.3) is 0 Å². The molecule has 1 aliphatic rings. The zero-order valence-electron chi connectivity index (χ0n) is 10.1. The van der Waals surface area contributed by atoms with Gasteiger partial charge in [-0.2, -0.15) is 0 Å². The second kappa shape index (κ2) is 5.03. The van der Waals surface area contributed by atoms with Crippen molar-refractivity contribution >= 4 is 28.3 Å². The third kappa shape index (κ3) is 3.05. The first-order valence-electron chi connectivity index (χ1n) is 5.74. The van der Waals surface area contributed by atoms with Gasteiger partial charge in [-0.1, -0.05) is 0 Å². The lowest BCUT2D eigenvalue weighted by atomic mass is 10.3. The summed E-state index contributed by atoms with van der Waals surface area (Å²) in [6.07, 6.45) is 1.54. The van der Waals surface area contributed by atoms with Gasteiger partial charge >= 0.3 is 5.97 Å². The van der Waals surface area contributed by atoms with Gasteiger partial charge in [-0.05, 0) is 19.8 Å². The van der Waals surface area contributed by atoms with E-state index in [0.717, 1.165) is 0 Å². The number of ether oxygens (including phenoxy) is 1. The molecular weight excluding hydrogens is 254 g/mol. The fourth-order valence-electron chi connectivity index (χ4n) is 1.39. The minimum absolute atomic E-state index is 0.119. The van der Waals surface area contributed by atoms with Crippen LogP contribution in [0.2, 0.25) is 0 Å². The Morgan fingerprint density at radius 3 is 2.94 bits per heavy atom. The van der Waals surface area contributed by atoms with Crippen LogP contribution < -0.4 is 11.1 Å². The first-order chi connectivity index (χ1) is 8.53. The molecule has 1 amide bonds. The number of hydrogen-bond acceptors (Lipinski definition) is 6. The van der Waals surface area contributed by atoms with Crippen molar-refractivity contribution in [2.24, 2.45) is 5.73 Å². The fraction of sp³-hybridized carbons (Fsp3) is 0.545. The normalized spacial score (nSPS) is 16.1. The highest BCUT2D eigenvalue weighted by atomic mass is 32.1. The summed E-state index contributed by atoms with van der Waals surface area (Å²) in [6.45, 7) is 2.10.